The van der Waals surface area contributed by atoms with Gasteiger partial charge in [0.15, 0.2) is 0 Å². The molecule has 0 aliphatic carbocycles. The van der Waals surface area contributed by atoms with Gasteiger partial charge < -0.3 is 5.73 Å². The molecule has 0 saturated heterocycles. The van der Waals surface area contributed by atoms with Gasteiger partial charge in [-0.3, -0.25) is 4.98 Å². The summed E-state index contributed by atoms with van der Waals surface area (Å²) < 4.78 is 23.7. The number of halogens is 1. The van der Waals surface area contributed by atoms with Crippen LogP contribution in [0.15, 0.2) is 24.4 Å². The third-order valence-corrected chi connectivity index (χ3v) is 4.53. The number of aryl methyl sites for hydroxylation is 1. The first-order valence-electron chi connectivity index (χ1n) is 6.89. The number of nitrogens with two attached hydrogens (primary N) is 2. The van der Waals surface area contributed by atoms with Crippen LogP contribution in [-0.2, 0) is 16.6 Å². The third-order valence-electron chi connectivity index (χ3n) is 2.98. The molecule has 0 fully saturated rings. The molecular weight excluding hydrogens is 358 g/mol. The Hall–Kier alpha value is -1.26. The lowest BCUT2D eigenvalue weighted by Crippen LogP contribution is -2.31. The van der Waals surface area contributed by atoms with E-state index in [1.54, 1.807) is 6.20 Å². The first-order chi connectivity index (χ1) is 10.5. The molecule has 0 radical (unpaired) electrons. The maximum atomic E-state index is 10.7. The van der Waals surface area contributed by atoms with Crippen LogP contribution in [0.2, 0.25) is 0 Å². The highest BCUT2D eigenvalue weighted by molar-refractivity contribution is 7.87. The van der Waals surface area contributed by atoms with Crippen LogP contribution < -0.4 is 15.6 Å². The minimum atomic E-state index is -3.58. The number of hydrogen-bond donors (Lipinski definition) is 3. The normalized spacial score (nSPS) is 11.2. The lowest BCUT2D eigenvalue weighted by Gasteiger charge is -2.01. The summed E-state index contributed by atoms with van der Waals surface area (Å²) in [4.78, 5) is 8.79. The molecule has 128 valence electrons. The molecule has 2 rings (SSSR count). The molecule has 7 nitrogen and oxygen atoms in total. The highest BCUT2D eigenvalue weighted by Crippen LogP contribution is 2.29. The smallest absolute Gasteiger partial charge is 0.274 e. The van der Waals surface area contributed by atoms with Gasteiger partial charge in [-0.05, 0) is 31.4 Å². The van der Waals surface area contributed by atoms with Crippen molar-refractivity contribution in [1.29, 1.82) is 0 Å². The molecule has 0 saturated carbocycles. The van der Waals surface area contributed by atoms with Gasteiger partial charge in [-0.15, -0.1) is 23.7 Å². The summed E-state index contributed by atoms with van der Waals surface area (Å²) in [5.41, 5.74) is 7.51. The Kier molecular flexibility index (Phi) is 7.86. The number of hydrogen-bond acceptors (Lipinski definition) is 6. The van der Waals surface area contributed by atoms with Crippen molar-refractivity contribution in [2.75, 3.05) is 12.3 Å². The first kappa shape index (κ1) is 19.8. The number of aromatic nitrogens is 2. The Morgan fingerprint density at radius 2 is 2.00 bits per heavy atom. The van der Waals surface area contributed by atoms with E-state index in [2.05, 4.69) is 14.7 Å². The molecule has 2 heterocycles. The molecule has 0 aromatic carbocycles. The fourth-order valence-electron chi connectivity index (χ4n) is 1.96. The summed E-state index contributed by atoms with van der Waals surface area (Å²) in [5.74, 6) is 0. The van der Waals surface area contributed by atoms with Crippen molar-refractivity contribution >= 4 is 39.0 Å². The highest BCUT2D eigenvalue weighted by Gasteiger charge is 2.11. The van der Waals surface area contributed by atoms with Gasteiger partial charge in [-0.1, -0.05) is 12.5 Å². The fraction of sp³-hybridized carbons (Fsp3) is 0.385. The van der Waals surface area contributed by atoms with Gasteiger partial charge in [-0.2, -0.15) is 8.42 Å². The van der Waals surface area contributed by atoms with Crippen LogP contribution >= 0.6 is 23.7 Å². The molecule has 2 aromatic heterocycles. The van der Waals surface area contributed by atoms with Crippen molar-refractivity contribution < 1.29 is 8.42 Å². The lowest BCUT2D eigenvalue weighted by molar-refractivity contribution is 0.576. The number of nitrogens with zero attached hydrogens (tertiary/aromatic N) is 2. The zero-order chi connectivity index (χ0) is 16.0. The molecule has 2 aromatic rings. The molecule has 10 heteroatoms. The molecule has 23 heavy (non-hydrogen) atoms. The minimum absolute atomic E-state index is 0. The Bertz CT molecular complexity index is 706. The molecule has 0 aliphatic heterocycles. The second kappa shape index (κ2) is 9.14. The summed E-state index contributed by atoms with van der Waals surface area (Å²) in [7, 11) is -3.58. The SMILES string of the molecule is Cl.Nc1sc(CCCCCNS(N)(=O)=O)nc1-c1ccccn1. The molecule has 0 spiro atoms. The summed E-state index contributed by atoms with van der Waals surface area (Å²) in [5, 5.41) is 6.49. The average molecular weight is 378 g/mol. The summed E-state index contributed by atoms with van der Waals surface area (Å²) in [6.45, 7) is 0.359. The van der Waals surface area contributed by atoms with E-state index in [9.17, 15) is 8.42 Å². The predicted molar refractivity (Wildman–Crippen MR) is 95.7 cm³/mol. The zero-order valence-electron chi connectivity index (χ0n) is 12.4. The number of nitrogens with one attached hydrogen (secondary N) is 1. The first-order valence-corrected chi connectivity index (χ1v) is 9.26. The van der Waals surface area contributed by atoms with Gasteiger partial charge in [-0.25, -0.2) is 14.8 Å². The van der Waals surface area contributed by atoms with Crippen LogP contribution in [0.4, 0.5) is 5.00 Å². The predicted octanol–water partition coefficient (Wildman–Crippen LogP) is 1.72. The molecule has 0 aliphatic rings. The lowest BCUT2D eigenvalue weighted by atomic mass is 10.2. The van der Waals surface area contributed by atoms with E-state index in [1.165, 1.54) is 11.3 Å². The Balaban J connectivity index is 0.00000264. The van der Waals surface area contributed by atoms with Gasteiger partial charge in [0.05, 0.1) is 10.7 Å². The van der Waals surface area contributed by atoms with Crippen LogP contribution in [-0.4, -0.2) is 24.9 Å². The molecule has 0 atom stereocenters. The fourth-order valence-corrected chi connectivity index (χ4v) is 3.28. The quantitative estimate of drug-likeness (QED) is 0.604. The minimum Gasteiger partial charge on any atom is -0.389 e. The maximum Gasteiger partial charge on any atom is 0.274 e. The molecule has 0 amide bonds. The topological polar surface area (TPSA) is 124 Å². The van der Waals surface area contributed by atoms with Gasteiger partial charge >= 0.3 is 0 Å². The van der Waals surface area contributed by atoms with E-state index in [0.29, 0.717) is 11.5 Å². The van der Waals surface area contributed by atoms with Crippen LogP contribution in [0.3, 0.4) is 0 Å². The maximum absolute atomic E-state index is 10.7. The zero-order valence-corrected chi connectivity index (χ0v) is 14.9. The van der Waals surface area contributed by atoms with Gasteiger partial charge in [0.1, 0.15) is 10.7 Å². The Morgan fingerprint density at radius 3 is 2.65 bits per heavy atom. The number of unbranched alkanes of at least 4 members (excludes halogenated alkanes) is 2. The van der Waals surface area contributed by atoms with Crippen molar-refractivity contribution in [3.63, 3.8) is 0 Å². The summed E-state index contributed by atoms with van der Waals surface area (Å²) in [6, 6.07) is 5.63. The number of rotatable bonds is 8. The number of pyridine rings is 1. The van der Waals surface area contributed by atoms with E-state index < -0.39 is 10.2 Å². The van der Waals surface area contributed by atoms with E-state index in [-0.39, 0.29) is 12.4 Å². The molecule has 0 bridgehead atoms. The third kappa shape index (κ3) is 6.80. The van der Waals surface area contributed by atoms with Crippen molar-refractivity contribution in [1.82, 2.24) is 14.7 Å². The van der Waals surface area contributed by atoms with Gasteiger partial charge in [0, 0.05) is 12.7 Å². The van der Waals surface area contributed by atoms with Gasteiger partial charge in [0.2, 0.25) is 0 Å². The van der Waals surface area contributed by atoms with Crippen LogP contribution in [0.5, 0.6) is 0 Å². The Morgan fingerprint density at radius 1 is 1.22 bits per heavy atom. The number of nitrogen functional groups attached to an aromatic ring is 1. The summed E-state index contributed by atoms with van der Waals surface area (Å²) in [6.07, 6.45) is 5.08. The second-order valence-corrected chi connectivity index (χ2v) is 7.28. The van der Waals surface area contributed by atoms with E-state index in [4.69, 9.17) is 10.9 Å². The monoisotopic (exact) mass is 377 g/mol. The largest absolute Gasteiger partial charge is 0.389 e. The molecular formula is C13H20ClN5O2S2. The van der Waals surface area contributed by atoms with Crippen molar-refractivity contribution in [2.45, 2.75) is 25.7 Å². The summed E-state index contributed by atoms with van der Waals surface area (Å²) >= 11 is 1.47. The average Bonchev–Trinajstić information content (AvgIpc) is 2.83. The Labute approximate surface area is 146 Å². The highest BCUT2D eigenvalue weighted by atomic mass is 35.5. The van der Waals surface area contributed by atoms with Gasteiger partial charge in [0.25, 0.3) is 10.2 Å². The molecule has 5 N–H and O–H groups in total. The molecule has 0 unspecified atom stereocenters. The van der Waals surface area contributed by atoms with E-state index in [0.717, 1.165) is 42.1 Å². The standard InChI is InChI=1S/C13H19N5O2S2.ClH/c14-13-12(10-6-3-5-8-16-10)18-11(21-13)7-2-1-4-9-17-22(15,19)20;/h3,5-6,8,17H,1-2,4,7,9,14H2,(H2,15,19,20);1H. The van der Waals surface area contributed by atoms with Crippen molar-refractivity contribution in [2.24, 2.45) is 5.14 Å². The van der Waals surface area contributed by atoms with Crippen molar-refractivity contribution in [3.8, 4) is 11.4 Å². The van der Waals surface area contributed by atoms with Crippen LogP contribution in [0.1, 0.15) is 24.3 Å². The van der Waals surface area contributed by atoms with Crippen LogP contribution in [0.25, 0.3) is 11.4 Å². The number of thiazole rings is 1. The van der Waals surface area contributed by atoms with E-state index >= 15 is 0 Å². The number of anilines is 1. The van der Waals surface area contributed by atoms with Crippen molar-refractivity contribution in [3.05, 3.63) is 29.4 Å². The van der Waals surface area contributed by atoms with Crippen LogP contribution in [0, 0.1) is 0 Å². The second-order valence-electron chi connectivity index (χ2n) is 4.79. The van der Waals surface area contributed by atoms with E-state index in [1.807, 2.05) is 18.2 Å².